The molecule has 0 amide bonds. The van der Waals surface area contributed by atoms with Crippen LogP contribution in [-0.4, -0.2) is 28.7 Å². The molecular formula is C19H24ClNO3S. The second-order valence-corrected chi connectivity index (χ2v) is 7.96. The summed E-state index contributed by atoms with van der Waals surface area (Å²) in [6.45, 7) is 2.11. The fraction of sp³-hybridized carbons (Fsp3) is 0.368. The molecule has 0 saturated heterocycles. The van der Waals surface area contributed by atoms with E-state index in [1.54, 1.807) is 18.4 Å². The lowest BCUT2D eigenvalue weighted by molar-refractivity contribution is 0.373. The van der Waals surface area contributed by atoms with Gasteiger partial charge in [0.25, 0.3) is 0 Å². The van der Waals surface area contributed by atoms with E-state index in [1.165, 1.54) is 7.11 Å². The third kappa shape index (κ3) is 5.94. The van der Waals surface area contributed by atoms with Crippen LogP contribution in [0.4, 0.5) is 5.69 Å². The number of phenols is 1. The summed E-state index contributed by atoms with van der Waals surface area (Å²) in [5.74, 6) is 1.10. The lowest BCUT2D eigenvalue weighted by Crippen LogP contribution is -2.16. The predicted octanol–water partition coefficient (Wildman–Crippen LogP) is 4.37. The Morgan fingerprint density at radius 1 is 1.28 bits per heavy atom. The Labute approximate surface area is 156 Å². The first kappa shape index (κ1) is 19.6. The van der Waals surface area contributed by atoms with Crippen LogP contribution in [0.3, 0.4) is 0 Å². The number of phenolic OH excluding ortho intramolecular Hbond substituents is 1. The topological polar surface area (TPSA) is 58.6 Å². The Morgan fingerprint density at radius 3 is 2.68 bits per heavy atom. The second kappa shape index (κ2) is 9.11. The van der Waals surface area contributed by atoms with Gasteiger partial charge in [-0.1, -0.05) is 17.7 Å². The number of hydrogen-bond donors (Lipinski definition) is 2. The monoisotopic (exact) mass is 381 g/mol. The van der Waals surface area contributed by atoms with Gasteiger partial charge in [-0.3, -0.25) is 4.21 Å². The van der Waals surface area contributed by atoms with Crippen LogP contribution in [0.2, 0.25) is 5.02 Å². The molecular weight excluding hydrogens is 358 g/mol. The highest BCUT2D eigenvalue weighted by Crippen LogP contribution is 2.27. The average Bonchev–Trinajstić information content (AvgIpc) is 2.56. The Bertz CT molecular complexity index is 751. The largest absolute Gasteiger partial charge is 0.504 e. The molecule has 4 nitrogen and oxygen atoms in total. The number of aromatic hydroxyl groups is 1. The number of methoxy groups -OCH3 is 1. The molecule has 136 valence electrons. The standard InChI is InChI=1S/C19H24ClNO3S/c1-13(4-5-14-6-9-19(24-2)18(22)10-14)21-16-7-8-17(20)15(11-16)12-25(3)23/h6-11,13,21-22H,4-5,12H2,1-3H3/t13-,25+/m1/s1. The normalized spacial score (nSPS) is 13.3. The maximum absolute atomic E-state index is 11.4. The van der Waals surface area contributed by atoms with Crippen molar-refractivity contribution in [1.82, 2.24) is 0 Å². The molecule has 2 aromatic rings. The Balaban J connectivity index is 1.95. The highest BCUT2D eigenvalue weighted by Gasteiger charge is 2.08. The summed E-state index contributed by atoms with van der Waals surface area (Å²) < 4.78 is 16.5. The Morgan fingerprint density at radius 2 is 2.04 bits per heavy atom. The number of aryl methyl sites for hydroxylation is 1. The minimum atomic E-state index is -0.927. The molecule has 0 aliphatic heterocycles. The summed E-state index contributed by atoms with van der Waals surface area (Å²) in [5, 5.41) is 13.9. The summed E-state index contributed by atoms with van der Waals surface area (Å²) in [5.41, 5.74) is 2.92. The number of hydrogen-bond acceptors (Lipinski definition) is 4. The molecule has 0 bridgehead atoms. The predicted molar refractivity (Wildman–Crippen MR) is 105 cm³/mol. The van der Waals surface area contributed by atoms with Gasteiger partial charge in [-0.15, -0.1) is 0 Å². The summed E-state index contributed by atoms with van der Waals surface area (Å²) in [6.07, 6.45) is 3.41. The van der Waals surface area contributed by atoms with Crippen molar-refractivity contribution >= 4 is 28.1 Å². The lowest BCUT2D eigenvalue weighted by atomic mass is 10.1. The van der Waals surface area contributed by atoms with E-state index in [0.717, 1.165) is 29.7 Å². The first-order valence-electron chi connectivity index (χ1n) is 8.10. The van der Waals surface area contributed by atoms with Crippen molar-refractivity contribution in [3.63, 3.8) is 0 Å². The van der Waals surface area contributed by atoms with Crippen molar-refractivity contribution in [2.75, 3.05) is 18.7 Å². The second-order valence-electron chi connectivity index (χ2n) is 6.11. The van der Waals surface area contributed by atoms with Crippen LogP contribution in [0.1, 0.15) is 24.5 Å². The van der Waals surface area contributed by atoms with Gasteiger partial charge in [-0.25, -0.2) is 0 Å². The zero-order valence-corrected chi connectivity index (χ0v) is 16.3. The highest BCUT2D eigenvalue weighted by molar-refractivity contribution is 7.83. The number of ether oxygens (including phenoxy) is 1. The quantitative estimate of drug-likeness (QED) is 0.713. The molecule has 25 heavy (non-hydrogen) atoms. The van der Waals surface area contributed by atoms with Crippen LogP contribution in [0.15, 0.2) is 36.4 Å². The van der Waals surface area contributed by atoms with E-state index in [9.17, 15) is 9.32 Å². The van der Waals surface area contributed by atoms with Crippen LogP contribution in [-0.2, 0) is 23.0 Å². The molecule has 0 radical (unpaired) electrons. The average molecular weight is 382 g/mol. The van der Waals surface area contributed by atoms with Crippen LogP contribution >= 0.6 is 11.6 Å². The summed E-state index contributed by atoms with van der Waals surface area (Å²) in [4.78, 5) is 0. The van der Waals surface area contributed by atoms with Crippen LogP contribution < -0.4 is 10.1 Å². The molecule has 0 aromatic heterocycles. The smallest absolute Gasteiger partial charge is 0.160 e. The van der Waals surface area contributed by atoms with E-state index < -0.39 is 10.8 Å². The number of rotatable bonds is 8. The van der Waals surface area contributed by atoms with Gasteiger partial charge in [0.1, 0.15) is 0 Å². The van der Waals surface area contributed by atoms with Gasteiger partial charge < -0.3 is 15.2 Å². The molecule has 0 aliphatic carbocycles. The molecule has 2 N–H and O–H groups in total. The van der Waals surface area contributed by atoms with E-state index >= 15 is 0 Å². The van der Waals surface area contributed by atoms with Gasteiger partial charge in [0.15, 0.2) is 11.5 Å². The van der Waals surface area contributed by atoms with E-state index in [1.807, 2.05) is 24.3 Å². The van der Waals surface area contributed by atoms with Crippen molar-refractivity contribution < 1.29 is 14.1 Å². The molecule has 0 fully saturated rings. The van der Waals surface area contributed by atoms with Crippen LogP contribution in [0, 0.1) is 0 Å². The Hall–Kier alpha value is -1.72. The maximum atomic E-state index is 11.4. The molecule has 0 spiro atoms. The fourth-order valence-corrected chi connectivity index (χ4v) is 3.57. The van der Waals surface area contributed by atoms with Gasteiger partial charge in [0.05, 0.1) is 7.11 Å². The zero-order valence-electron chi connectivity index (χ0n) is 14.7. The molecule has 0 saturated carbocycles. The van der Waals surface area contributed by atoms with Crippen molar-refractivity contribution in [2.24, 2.45) is 0 Å². The number of benzene rings is 2. The van der Waals surface area contributed by atoms with E-state index in [-0.39, 0.29) is 11.8 Å². The van der Waals surface area contributed by atoms with E-state index in [4.69, 9.17) is 16.3 Å². The number of halogens is 1. The summed E-state index contributed by atoms with van der Waals surface area (Å²) in [6, 6.07) is 11.4. The van der Waals surface area contributed by atoms with Crippen molar-refractivity contribution in [3.8, 4) is 11.5 Å². The lowest BCUT2D eigenvalue weighted by Gasteiger charge is -2.17. The van der Waals surface area contributed by atoms with E-state index in [0.29, 0.717) is 16.5 Å². The van der Waals surface area contributed by atoms with Crippen LogP contribution in [0.25, 0.3) is 0 Å². The van der Waals surface area contributed by atoms with Gasteiger partial charge in [0, 0.05) is 39.6 Å². The summed E-state index contributed by atoms with van der Waals surface area (Å²) in [7, 11) is 0.610. The van der Waals surface area contributed by atoms with Crippen molar-refractivity contribution in [3.05, 3.63) is 52.5 Å². The Kier molecular flexibility index (Phi) is 7.14. The highest BCUT2D eigenvalue weighted by atomic mass is 35.5. The molecule has 0 heterocycles. The minimum Gasteiger partial charge on any atom is -0.504 e. The maximum Gasteiger partial charge on any atom is 0.160 e. The SMILES string of the molecule is COc1ccc(CC[C@@H](C)Nc2ccc(Cl)c(C[S@](C)=O)c2)cc1O. The van der Waals surface area contributed by atoms with Gasteiger partial charge in [-0.05, 0) is 61.2 Å². The molecule has 2 atom stereocenters. The molecule has 2 aromatic carbocycles. The third-order valence-corrected chi connectivity index (χ3v) is 5.01. The third-order valence-electron chi connectivity index (χ3n) is 3.93. The molecule has 6 heteroatoms. The first-order valence-corrected chi connectivity index (χ1v) is 10.2. The van der Waals surface area contributed by atoms with Gasteiger partial charge >= 0.3 is 0 Å². The summed E-state index contributed by atoms with van der Waals surface area (Å²) >= 11 is 6.16. The number of nitrogens with one attached hydrogen (secondary N) is 1. The zero-order chi connectivity index (χ0) is 18.4. The molecule has 0 unspecified atom stereocenters. The first-order chi connectivity index (χ1) is 11.9. The van der Waals surface area contributed by atoms with Gasteiger partial charge in [-0.2, -0.15) is 0 Å². The molecule has 0 aliphatic rings. The van der Waals surface area contributed by atoms with Crippen LogP contribution in [0.5, 0.6) is 11.5 Å². The fourth-order valence-electron chi connectivity index (χ4n) is 2.63. The van der Waals surface area contributed by atoms with Crippen molar-refractivity contribution in [2.45, 2.75) is 31.6 Å². The van der Waals surface area contributed by atoms with Gasteiger partial charge in [0.2, 0.25) is 0 Å². The molecule has 2 rings (SSSR count). The van der Waals surface area contributed by atoms with Crippen molar-refractivity contribution in [1.29, 1.82) is 0 Å². The number of anilines is 1. The minimum absolute atomic E-state index is 0.163. The van der Waals surface area contributed by atoms with E-state index in [2.05, 4.69) is 12.2 Å².